The number of rotatable bonds is 7. The van der Waals surface area contributed by atoms with E-state index in [0.29, 0.717) is 52.0 Å². The first kappa shape index (κ1) is 23.6. The van der Waals surface area contributed by atoms with Gasteiger partial charge in [0.05, 0.1) is 12.2 Å². The first-order valence-electron chi connectivity index (χ1n) is 11.7. The fourth-order valence-corrected chi connectivity index (χ4v) is 4.58. The quantitative estimate of drug-likeness (QED) is 0.244. The number of aryl methyl sites for hydroxylation is 2. The molecule has 1 N–H and O–H groups in total. The van der Waals surface area contributed by atoms with Crippen LogP contribution in [0.3, 0.4) is 0 Å². The van der Waals surface area contributed by atoms with E-state index in [1.807, 2.05) is 24.3 Å². The summed E-state index contributed by atoms with van der Waals surface area (Å²) < 4.78 is 35.6. The van der Waals surface area contributed by atoms with Crippen molar-refractivity contribution in [1.29, 1.82) is 0 Å². The molecule has 4 aromatic carbocycles. The second kappa shape index (κ2) is 9.88. The van der Waals surface area contributed by atoms with Gasteiger partial charge < -0.3 is 9.52 Å². The molecule has 0 radical (unpaired) electrons. The molecule has 0 fully saturated rings. The van der Waals surface area contributed by atoms with Crippen LogP contribution in [0, 0.1) is 11.6 Å². The average molecular weight is 483 g/mol. The largest absolute Gasteiger partial charge is 0.455 e. The molecule has 3 nitrogen and oxygen atoms in total. The Labute approximate surface area is 207 Å². The molecule has 0 amide bonds. The van der Waals surface area contributed by atoms with E-state index in [4.69, 9.17) is 4.42 Å². The third kappa shape index (κ3) is 4.45. The highest BCUT2D eigenvalue weighted by atomic mass is 19.1. The number of carbonyl (C=O) groups is 1. The summed E-state index contributed by atoms with van der Waals surface area (Å²) in [6.07, 6.45) is 0.910. The van der Waals surface area contributed by atoms with Crippen LogP contribution in [0.2, 0.25) is 0 Å². The number of Topliss-reactive ketones (excluding diaryl/α,β-unsaturated/α-hetero) is 1. The summed E-state index contributed by atoms with van der Waals surface area (Å²) in [6, 6.07) is 23.8. The van der Waals surface area contributed by atoms with Gasteiger partial charge in [0.2, 0.25) is 0 Å². The van der Waals surface area contributed by atoms with Gasteiger partial charge in [0, 0.05) is 16.5 Å². The molecule has 36 heavy (non-hydrogen) atoms. The maximum absolute atomic E-state index is 14.9. The third-order valence-corrected chi connectivity index (χ3v) is 6.43. The standard InChI is InChI=1S/C31H24F2O3/c1-19(35)21-10-13-23(14-11-21)29-26-17-20(18-34)16-24(15-12-22-6-2-4-8-27(22)32)30(26)36-31(29)25-7-3-5-9-28(25)33/h2-11,13-14,16-17,34H,12,15,18H2,1H3. The molecule has 0 atom stereocenters. The molecule has 0 aliphatic carbocycles. The van der Waals surface area contributed by atoms with Crippen LogP contribution in [-0.4, -0.2) is 10.9 Å². The maximum Gasteiger partial charge on any atom is 0.159 e. The predicted octanol–water partition coefficient (Wildman–Crippen LogP) is 7.53. The van der Waals surface area contributed by atoms with Crippen molar-refractivity contribution in [2.45, 2.75) is 26.4 Å². The number of halogens is 2. The Morgan fingerprint density at radius 1 is 0.833 bits per heavy atom. The number of aliphatic hydroxyl groups excluding tert-OH is 1. The molecule has 0 saturated carbocycles. The lowest BCUT2D eigenvalue weighted by atomic mass is 9.94. The Morgan fingerprint density at radius 2 is 1.50 bits per heavy atom. The topological polar surface area (TPSA) is 50.4 Å². The van der Waals surface area contributed by atoms with Gasteiger partial charge >= 0.3 is 0 Å². The van der Waals surface area contributed by atoms with Gasteiger partial charge in [-0.1, -0.05) is 54.6 Å². The zero-order valence-electron chi connectivity index (χ0n) is 19.7. The van der Waals surface area contributed by atoms with Gasteiger partial charge in [0.15, 0.2) is 5.78 Å². The minimum atomic E-state index is -0.423. The molecule has 0 aliphatic rings. The van der Waals surface area contributed by atoms with E-state index in [1.54, 1.807) is 48.5 Å². The zero-order valence-corrected chi connectivity index (χ0v) is 19.7. The van der Waals surface area contributed by atoms with Gasteiger partial charge in [-0.05, 0) is 72.4 Å². The summed E-state index contributed by atoms with van der Waals surface area (Å²) >= 11 is 0. The van der Waals surface area contributed by atoms with Crippen molar-refractivity contribution in [3.05, 3.63) is 119 Å². The molecule has 180 valence electrons. The van der Waals surface area contributed by atoms with Crippen LogP contribution in [0.1, 0.15) is 34.0 Å². The van der Waals surface area contributed by atoms with Crippen LogP contribution < -0.4 is 0 Å². The zero-order chi connectivity index (χ0) is 25.2. The molecule has 0 saturated heterocycles. The van der Waals surface area contributed by atoms with E-state index >= 15 is 0 Å². The first-order valence-corrected chi connectivity index (χ1v) is 11.7. The third-order valence-electron chi connectivity index (χ3n) is 6.43. The molecule has 0 spiro atoms. The average Bonchev–Trinajstić information content (AvgIpc) is 3.27. The lowest BCUT2D eigenvalue weighted by molar-refractivity contribution is 0.101. The van der Waals surface area contributed by atoms with Crippen LogP contribution >= 0.6 is 0 Å². The number of aliphatic hydroxyl groups is 1. The highest BCUT2D eigenvalue weighted by Gasteiger charge is 2.23. The fraction of sp³-hybridized carbons (Fsp3) is 0.129. The lowest BCUT2D eigenvalue weighted by Crippen LogP contribution is -1.97. The smallest absolute Gasteiger partial charge is 0.159 e. The number of carbonyl (C=O) groups excluding carboxylic acids is 1. The summed E-state index contributed by atoms with van der Waals surface area (Å²) in [4.78, 5) is 11.8. The minimum Gasteiger partial charge on any atom is -0.455 e. The number of fused-ring (bicyclic) bond motifs is 1. The monoisotopic (exact) mass is 482 g/mol. The second-order valence-corrected chi connectivity index (χ2v) is 8.80. The molecular weight excluding hydrogens is 458 g/mol. The highest BCUT2D eigenvalue weighted by Crippen LogP contribution is 2.43. The summed E-state index contributed by atoms with van der Waals surface area (Å²) in [5.41, 5.74) is 4.93. The Balaban J connectivity index is 1.72. The fourth-order valence-electron chi connectivity index (χ4n) is 4.58. The van der Waals surface area contributed by atoms with Crippen LogP contribution in [0.5, 0.6) is 0 Å². The van der Waals surface area contributed by atoms with Crippen molar-refractivity contribution in [2.75, 3.05) is 0 Å². The summed E-state index contributed by atoms with van der Waals surface area (Å²) in [7, 11) is 0. The Hall–Kier alpha value is -4.09. The molecule has 0 unspecified atom stereocenters. The Kier molecular flexibility index (Phi) is 6.49. The second-order valence-electron chi connectivity index (χ2n) is 8.80. The van der Waals surface area contributed by atoms with Gasteiger partial charge in [0.25, 0.3) is 0 Å². The van der Waals surface area contributed by atoms with Crippen LogP contribution in [-0.2, 0) is 19.4 Å². The number of ketones is 1. The minimum absolute atomic E-state index is 0.0501. The van der Waals surface area contributed by atoms with Gasteiger partial charge in [0.1, 0.15) is 23.0 Å². The number of hydrogen-bond donors (Lipinski definition) is 1. The molecule has 1 heterocycles. The summed E-state index contributed by atoms with van der Waals surface area (Å²) in [6.45, 7) is 1.31. The van der Waals surface area contributed by atoms with E-state index in [2.05, 4.69) is 0 Å². The predicted molar refractivity (Wildman–Crippen MR) is 137 cm³/mol. The van der Waals surface area contributed by atoms with Crippen molar-refractivity contribution in [3.8, 4) is 22.5 Å². The van der Waals surface area contributed by atoms with Gasteiger partial charge in [-0.15, -0.1) is 0 Å². The molecule has 0 bridgehead atoms. The number of hydrogen-bond acceptors (Lipinski definition) is 3. The van der Waals surface area contributed by atoms with Crippen LogP contribution in [0.4, 0.5) is 8.78 Å². The summed E-state index contributed by atoms with van der Waals surface area (Å²) in [5, 5.41) is 10.7. The molecule has 1 aromatic heterocycles. The van der Waals surface area contributed by atoms with E-state index in [9.17, 15) is 18.7 Å². The molecule has 5 heteroatoms. The van der Waals surface area contributed by atoms with E-state index in [1.165, 1.54) is 19.1 Å². The van der Waals surface area contributed by atoms with Gasteiger partial charge in [-0.3, -0.25) is 4.79 Å². The number of furan rings is 1. The Morgan fingerprint density at radius 3 is 2.17 bits per heavy atom. The summed E-state index contributed by atoms with van der Waals surface area (Å²) in [5.74, 6) is -0.384. The van der Waals surface area contributed by atoms with Crippen molar-refractivity contribution in [1.82, 2.24) is 0 Å². The number of benzene rings is 4. The van der Waals surface area contributed by atoms with Crippen LogP contribution in [0.25, 0.3) is 33.4 Å². The van der Waals surface area contributed by atoms with Crippen molar-refractivity contribution < 1.29 is 23.1 Å². The van der Waals surface area contributed by atoms with E-state index in [0.717, 1.165) is 16.5 Å². The van der Waals surface area contributed by atoms with E-state index < -0.39 is 5.82 Å². The molecule has 5 aromatic rings. The SMILES string of the molecule is CC(=O)c1ccc(-c2c(-c3ccccc3F)oc3c(CCc4ccccc4F)cc(CO)cc23)cc1. The molecule has 0 aliphatic heterocycles. The Bertz CT molecular complexity index is 1570. The maximum atomic E-state index is 14.9. The van der Waals surface area contributed by atoms with Gasteiger partial charge in [-0.2, -0.15) is 0 Å². The van der Waals surface area contributed by atoms with Crippen LogP contribution in [0.15, 0.2) is 89.3 Å². The van der Waals surface area contributed by atoms with E-state index in [-0.39, 0.29) is 18.2 Å². The lowest BCUT2D eigenvalue weighted by Gasteiger charge is -2.08. The first-order chi connectivity index (χ1) is 17.5. The van der Waals surface area contributed by atoms with Crippen molar-refractivity contribution in [3.63, 3.8) is 0 Å². The van der Waals surface area contributed by atoms with Crippen molar-refractivity contribution in [2.24, 2.45) is 0 Å². The normalized spacial score (nSPS) is 11.2. The van der Waals surface area contributed by atoms with Crippen molar-refractivity contribution >= 4 is 16.8 Å². The highest BCUT2D eigenvalue weighted by molar-refractivity contribution is 6.04. The molecular formula is C31H24F2O3. The molecule has 5 rings (SSSR count). The van der Waals surface area contributed by atoms with Gasteiger partial charge in [-0.25, -0.2) is 8.78 Å².